The van der Waals surface area contributed by atoms with Crippen LogP contribution in [-0.4, -0.2) is 12.6 Å². The van der Waals surface area contributed by atoms with Crippen molar-refractivity contribution in [1.82, 2.24) is 0 Å². The van der Waals surface area contributed by atoms with Gasteiger partial charge in [0.1, 0.15) is 6.61 Å². The Kier molecular flexibility index (Phi) is 39.8. The highest BCUT2D eigenvalue weighted by molar-refractivity contribution is 5.69. The van der Waals surface area contributed by atoms with Gasteiger partial charge in [-0.3, -0.25) is 4.79 Å². The zero-order valence-electron chi connectivity index (χ0n) is 36.3. The van der Waals surface area contributed by atoms with Crippen molar-refractivity contribution in [2.24, 2.45) is 17.8 Å². The molecule has 0 aromatic carbocycles. The molecule has 0 radical (unpaired) electrons. The van der Waals surface area contributed by atoms with Crippen molar-refractivity contribution >= 4 is 5.97 Å². The first-order chi connectivity index (χ1) is 24.8. The summed E-state index contributed by atoms with van der Waals surface area (Å²) in [5.41, 5.74) is 1.37. The zero-order valence-corrected chi connectivity index (χ0v) is 36.3. The number of rotatable bonds is 41. The molecule has 0 amide bonds. The van der Waals surface area contributed by atoms with Gasteiger partial charge in [-0.25, -0.2) is 0 Å². The average molecular weight is 717 g/mol. The van der Waals surface area contributed by atoms with E-state index in [0.29, 0.717) is 13.0 Å². The van der Waals surface area contributed by atoms with Gasteiger partial charge in [-0.2, -0.15) is 0 Å². The predicted octanol–water partition coefficient (Wildman–Crippen LogP) is 17.5. The van der Waals surface area contributed by atoms with Crippen LogP contribution in [0.1, 0.15) is 273 Å². The molecule has 304 valence electrons. The maximum atomic E-state index is 12.1. The SMILES string of the molecule is CCCCCCCCCCCCCCCCCCCCCCCCCCCCC(=O)OC/C=C(\C)CCC[C@H](C)CCC[C@H](C)CCCC(C)C. The van der Waals surface area contributed by atoms with Gasteiger partial charge in [0.2, 0.25) is 0 Å². The fraction of sp³-hybridized carbons (Fsp3) is 0.939. The molecule has 0 aliphatic rings. The van der Waals surface area contributed by atoms with Crippen LogP contribution in [0.5, 0.6) is 0 Å². The van der Waals surface area contributed by atoms with E-state index in [4.69, 9.17) is 4.74 Å². The summed E-state index contributed by atoms with van der Waals surface area (Å²) in [6.45, 7) is 14.5. The van der Waals surface area contributed by atoms with Crippen LogP contribution in [0.3, 0.4) is 0 Å². The lowest BCUT2D eigenvalue weighted by molar-refractivity contribution is -0.142. The number of ether oxygens (including phenoxy) is 1. The van der Waals surface area contributed by atoms with E-state index >= 15 is 0 Å². The van der Waals surface area contributed by atoms with E-state index in [0.717, 1.165) is 30.6 Å². The van der Waals surface area contributed by atoms with Crippen LogP contribution in [-0.2, 0) is 9.53 Å². The second-order valence-electron chi connectivity index (χ2n) is 17.7. The molecule has 0 fully saturated rings. The lowest BCUT2D eigenvalue weighted by Gasteiger charge is -2.15. The minimum absolute atomic E-state index is 0.0181. The molecule has 0 rings (SSSR count). The summed E-state index contributed by atoms with van der Waals surface area (Å²) in [7, 11) is 0. The van der Waals surface area contributed by atoms with Crippen LogP contribution < -0.4 is 0 Å². The quantitative estimate of drug-likeness (QED) is 0.0358. The van der Waals surface area contributed by atoms with Gasteiger partial charge in [-0.1, -0.05) is 246 Å². The molecule has 0 heterocycles. The lowest BCUT2D eigenvalue weighted by Crippen LogP contribution is -2.04. The maximum Gasteiger partial charge on any atom is 0.306 e. The van der Waals surface area contributed by atoms with Gasteiger partial charge < -0.3 is 4.74 Å². The van der Waals surface area contributed by atoms with Crippen molar-refractivity contribution in [1.29, 1.82) is 0 Å². The smallest absolute Gasteiger partial charge is 0.306 e. The minimum Gasteiger partial charge on any atom is -0.461 e. The van der Waals surface area contributed by atoms with Crippen LogP contribution in [0.25, 0.3) is 0 Å². The van der Waals surface area contributed by atoms with Crippen molar-refractivity contribution in [2.75, 3.05) is 6.61 Å². The number of unbranched alkanes of at least 4 members (excludes halogenated alkanes) is 25. The number of hydrogen-bond acceptors (Lipinski definition) is 2. The van der Waals surface area contributed by atoms with E-state index in [1.165, 1.54) is 217 Å². The molecule has 2 nitrogen and oxygen atoms in total. The Morgan fingerprint density at radius 1 is 0.431 bits per heavy atom. The van der Waals surface area contributed by atoms with Crippen LogP contribution in [0.4, 0.5) is 0 Å². The maximum absolute atomic E-state index is 12.1. The Hall–Kier alpha value is -0.790. The second kappa shape index (κ2) is 40.4. The second-order valence-corrected chi connectivity index (χ2v) is 17.7. The first-order valence-corrected chi connectivity index (χ1v) is 23.7. The Bertz CT molecular complexity index is 724. The molecule has 0 saturated heterocycles. The average Bonchev–Trinajstić information content (AvgIpc) is 3.09. The molecule has 0 aliphatic carbocycles. The number of carbonyl (C=O) groups is 1. The minimum atomic E-state index is -0.0181. The number of hydrogen-bond donors (Lipinski definition) is 0. The molecular formula is C49H96O2. The van der Waals surface area contributed by atoms with E-state index < -0.39 is 0 Å². The molecule has 0 bridgehead atoms. The zero-order chi connectivity index (χ0) is 37.5. The number of esters is 1. The van der Waals surface area contributed by atoms with Gasteiger partial charge in [-0.05, 0) is 50.0 Å². The van der Waals surface area contributed by atoms with Crippen LogP contribution >= 0.6 is 0 Å². The van der Waals surface area contributed by atoms with Crippen LogP contribution in [0.15, 0.2) is 11.6 Å². The monoisotopic (exact) mass is 717 g/mol. The molecule has 0 aromatic rings. The normalized spacial score (nSPS) is 13.3. The third-order valence-corrected chi connectivity index (χ3v) is 11.6. The van der Waals surface area contributed by atoms with Crippen molar-refractivity contribution in [3.05, 3.63) is 11.6 Å². The Labute approximate surface area is 323 Å². The van der Waals surface area contributed by atoms with Crippen LogP contribution in [0.2, 0.25) is 0 Å². The highest BCUT2D eigenvalue weighted by Gasteiger charge is 2.07. The fourth-order valence-electron chi connectivity index (χ4n) is 7.74. The van der Waals surface area contributed by atoms with Gasteiger partial charge in [0, 0.05) is 6.42 Å². The van der Waals surface area contributed by atoms with Crippen molar-refractivity contribution < 1.29 is 9.53 Å². The van der Waals surface area contributed by atoms with Gasteiger partial charge in [0.25, 0.3) is 0 Å². The number of allylic oxidation sites excluding steroid dienone is 1. The van der Waals surface area contributed by atoms with E-state index in [1.54, 1.807) is 0 Å². The van der Waals surface area contributed by atoms with Gasteiger partial charge in [-0.15, -0.1) is 0 Å². The predicted molar refractivity (Wildman–Crippen MR) is 230 cm³/mol. The molecule has 0 unspecified atom stereocenters. The van der Waals surface area contributed by atoms with Gasteiger partial charge in [0.15, 0.2) is 0 Å². The molecule has 2 atom stereocenters. The molecule has 0 spiro atoms. The highest BCUT2D eigenvalue weighted by atomic mass is 16.5. The Morgan fingerprint density at radius 3 is 1.14 bits per heavy atom. The van der Waals surface area contributed by atoms with E-state index in [1.807, 2.05) is 0 Å². The van der Waals surface area contributed by atoms with Crippen molar-refractivity contribution in [3.8, 4) is 0 Å². The first kappa shape index (κ1) is 50.2. The summed E-state index contributed by atoms with van der Waals surface area (Å²) in [5, 5.41) is 0. The molecular weight excluding hydrogens is 621 g/mol. The summed E-state index contributed by atoms with van der Waals surface area (Å²) in [5.74, 6) is 2.54. The summed E-state index contributed by atoms with van der Waals surface area (Å²) in [6.07, 6.45) is 51.3. The highest BCUT2D eigenvalue weighted by Crippen LogP contribution is 2.22. The third-order valence-electron chi connectivity index (χ3n) is 11.6. The lowest BCUT2D eigenvalue weighted by atomic mass is 9.91. The van der Waals surface area contributed by atoms with Crippen molar-refractivity contribution in [3.63, 3.8) is 0 Å². The Morgan fingerprint density at radius 2 is 0.765 bits per heavy atom. The van der Waals surface area contributed by atoms with E-state index in [9.17, 15) is 4.79 Å². The first-order valence-electron chi connectivity index (χ1n) is 23.7. The third kappa shape index (κ3) is 41.8. The van der Waals surface area contributed by atoms with Gasteiger partial charge in [0.05, 0.1) is 0 Å². The molecule has 2 heteroatoms. The van der Waals surface area contributed by atoms with E-state index in [-0.39, 0.29) is 5.97 Å². The Balaban J connectivity index is 3.38. The molecule has 0 aliphatic heterocycles. The van der Waals surface area contributed by atoms with Gasteiger partial charge >= 0.3 is 5.97 Å². The molecule has 51 heavy (non-hydrogen) atoms. The fourth-order valence-corrected chi connectivity index (χ4v) is 7.74. The largest absolute Gasteiger partial charge is 0.461 e. The van der Waals surface area contributed by atoms with Crippen LogP contribution in [0, 0.1) is 17.8 Å². The summed E-state index contributed by atoms with van der Waals surface area (Å²) >= 11 is 0. The molecule has 0 saturated carbocycles. The van der Waals surface area contributed by atoms with Crippen molar-refractivity contribution in [2.45, 2.75) is 273 Å². The number of carbonyl (C=O) groups excluding carboxylic acids is 1. The topological polar surface area (TPSA) is 26.3 Å². The molecule has 0 N–H and O–H groups in total. The van der Waals surface area contributed by atoms with E-state index in [2.05, 4.69) is 47.6 Å². The standard InChI is InChI=1S/C49H96O2/c1-7-8-9-10-11-12-13-14-15-16-17-18-19-20-21-22-23-24-25-26-27-28-29-30-31-32-42-49(50)51-44-43-48(6)41-35-40-47(5)39-34-38-46(4)37-33-36-45(2)3/h43,45-47H,7-42,44H2,1-6H3/b48-43+/t46-,47-/m1/s1. The molecule has 0 aromatic heterocycles. The summed E-state index contributed by atoms with van der Waals surface area (Å²) in [4.78, 5) is 12.1. The summed E-state index contributed by atoms with van der Waals surface area (Å²) in [6, 6.07) is 0. The summed E-state index contributed by atoms with van der Waals surface area (Å²) < 4.78 is 5.50.